The Labute approximate surface area is 118 Å². The Kier molecular flexibility index (Phi) is 4.58. The molecule has 2 rings (SSSR count). The van der Waals surface area contributed by atoms with Gasteiger partial charge in [-0.15, -0.1) is 0 Å². The van der Waals surface area contributed by atoms with E-state index < -0.39 is 0 Å². The molecule has 0 bridgehead atoms. The molecule has 102 valence electrons. The number of hydrogen-bond donors (Lipinski definition) is 2. The average Bonchev–Trinajstić information content (AvgIpc) is 2.82. The molecule has 0 amide bonds. The number of nitrogens with one attached hydrogen (secondary N) is 1. The highest BCUT2D eigenvalue weighted by Crippen LogP contribution is 2.26. The van der Waals surface area contributed by atoms with Gasteiger partial charge in [-0.1, -0.05) is 24.6 Å². The van der Waals surface area contributed by atoms with Gasteiger partial charge in [-0.2, -0.15) is 5.10 Å². The van der Waals surface area contributed by atoms with Crippen molar-refractivity contribution < 1.29 is 0 Å². The molecular weight excluding hydrogens is 260 g/mol. The van der Waals surface area contributed by atoms with E-state index in [1.54, 1.807) is 6.20 Å². The van der Waals surface area contributed by atoms with E-state index >= 15 is 0 Å². The van der Waals surface area contributed by atoms with Crippen molar-refractivity contribution in [2.24, 2.45) is 5.84 Å². The largest absolute Gasteiger partial charge is 0.271 e. The zero-order valence-electron chi connectivity index (χ0n) is 11.2. The highest BCUT2D eigenvalue weighted by molar-refractivity contribution is 6.30. The van der Waals surface area contributed by atoms with Crippen LogP contribution in [0.1, 0.15) is 36.2 Å². The first-order valence-corrected chi connectivity index (χ1v) is 6.79. The molecule has 1 heterocycles. The summed E-state index contributed by atoms with van der Waals surface area (Å²) in [5.41, 5.74) is 6.17. The van der Waals surface area contributed by atoms with Crippen LogP contribution in [-0.2, 0) is 6.54 Å². The van der Waals surface area contributed by atoms with Gasteiger partial charge in [-0.3, -0.25) is 10.5 Å². The summed E-state index contributed by atoms with van der Waals surface area (Å²) in [6, 6.07) is 7.75. The first kappa shape index (κ1) is 14.1. The standard InChI is InChI=1S/C14H19ClN4/c1-3-8-19-13(6-7-17-19)14(18-16)12-5-4-11(15)9-10(12)2/h4-7,9,14,18H,3,8,16H2,1-2H3. The third-order valence-electron chi connectivity index (χ3n) is 3.19. The predicted octanol–water partition coefficient (Wildman–Crippen LogP) is 2.81. The molecule has 3 N–H and O–H groups in total. The molecule has 1 aromatic carbocycles. The topological polar surface area (TPSA) is 55.9 Å². The summed E-state index contributed by atoms with van der Waals surface area (Å²) >= 11 is 6.00. The molecule has 0 spiro atoms. The van der Waals surface area contributed by atoms with Gasteiger partial charge in [0.25, 0.3) is 0 Å². The smallest absolute Gasteiger partial charge is 0.0880 e. The van der Waals surface area contributed by atoms with Gasteiger partial charge < -0.3 is 0 Å². The molecule has 0 aliphatic heterocycles. The molecule has 2 aromatic rings. The Morgan fingerprint density at radius 2 is 2.21 bits per heavy atom. The van der Waals surface area contributed by atoms with E-state index in [0.29, 0.717) is 0 Å². The molecule has 0 aliphatic carbocycles. The van der Waals surface area contributed by atoms with Gasteiger partial charge in [0.1, 0.15) is 0 Å². The Balaban J connectivity index is 2.41. The molecule has 0 saturated heterocycles. The minimum atomic E-state index is -0.0775. The van der Waals surface area contributed by atoms with Crippen LogP contribution in [0.3, 0.4) is 0 Å². The zero-order valence-corrected chi connectivity index (χ0v) is 12.0. The van der Waals surface area contributed by atoms with Crippen LogP contribution in [0.2, 0.25) is 5.02 Å². The van der Waals surface area contributed by atoms with Crippen LogP contribution in [0.4, 0.5) is 0 Å². The lowest BCUT2D eigenvalue weighted by Gasteiger charge is -2.20. The molecule has 4 nitrogen and oxygen atoms in total. The van der Waals surface area contributed by atoms with Crippen LogP contribution in [0.5, 0.6) is 0 Å². The van der Waals surface area contributed by atoms with Gasteiger partial charge in [0.15, 0.2) is 0 Å². The number of aromatic nitrogens is 2. The SMILES string of the molecule is CCCn1nccc1C(NN)c1ccc(Cl)cc1C. The minimum Gasteiger partial charge on any atom is -0.271 e. The molecule has 1 atom stereocenters. The number of aryl methyl sites for hydroxylation is 2. The van der Waals surface area contributed by atoms with Crippen molar-refractivity contribution in [2.45, 2.75) is 32.9 Å². The summed E-state index contributed by atoms with van der Waals surface area (Å²) < 4.78 is 1.98. The van der Waals surface area contributed by atoms with E-state index in [-0.39, 0.29) is 6.04 Å². The quantitative estimate of drug-likeness (QED) is 0.653. The van der Waals surface area contributed by atoms with Crippen LogP contribution < -0.4 is 11.3 Å². The maximum absolute atomic E-state index is 6.00. The summed E-state index contributed by atoms with van der Waals surface area (Å²) in [4.78, 5) is 0. The molecule has 1 aromatic heterocycles. The van der Waals surface area contributed by atoms with Gasteiger partial charge in [0, 0.05) is 17.8 Å². The van der Waals surface area contributed by atoms with Crippen LogP contribution in [0.15, 0.2) is 30.5 Å². The highest BCUT2D eigenvalue weighted by atomic mass is 35.5. The van der Waals surface area contributed by atoms with Crippen LogP contribution in [0, 0.1) is 6.92 Å². The number of nitrogens with two attached hydrogens (primary N) is 1. The maximum Gasteiger partial charge on any atom is 0.0880 e. The number of benzene rings is 1. The number of hydrazine groups is 1. The summed E-state index contributed by atoms with van der Waals surface area (Å²) in [6.45, 7) is 5.04. The number of hydrogen-bond acceptors (Lipinski definition) is 3. The van der Waals surface area contributed by atoms with Gasteiger partial charge in [-0.05, 0) is 42.7 Å². The fourth-order valence-corrected chi connectivity index (χ4v) is 2.51. The summed E-state index contributed by atoms with van der Waals surface area (Å²) in [6.07, 6.45) is 2.84. The van der Waals surface area contributed by atoms with Crippen molar-refractivity contribution in [3.05, 3.63) is 52.3 Å². The highest BCUT2D eigenvalue weighted by Gasteiger charge is 2.18. The molecule has 0 radical (unpaired) electrons. The summed E-state index contributed by atoms with van der Waals surface area (Å²) in [5.74, 6) is 5.74. The Hall–Kier alpha value is -1.36. The second kappa shape index (κ2) is 6.19. The lowest BCUT2D eigenvalue weighted by atomic mass is 9.99. The predicted molar refractivity (Wildman–Crippen MR) is 77.9 cm³/mol. The number of rotatable bonds is 5. The minimum absolute atomic E-state index is 0.0775. The van der Waals surface area contributed by atoms with Crippen molar-refractivity contribution in [1.29, 1.82) is 0 Å². The molecule has 0 fully saturated rings. The van der Waals surface area contributed by atoms with Crippen molar-refractivity contribution in [2.75, 3.05) is 0 Å². The van der Waals surface area contributed by atoms with E-state index in [9.17, 15) is 0 Å². The molecular formula is C14H19ClN4. The Morgan fingerprint density at radius 3 is 2.84 bits per heavy atom. The van der Waals surface area contributed by atoms with Crippen LogP contribution in [0.25, 0.3) is 0 Å². The first-order chi connectivity index (χ1) is 9.17. The normalized spacial score (nSPS) is 12.6. The Morgan fingerprint density at radius 1 is 1.42 bits per heavy atom. The van der Waals surface area contributed by atoms with Crippen molar-refractivity contribution in [3.63, 3.8) is 0 Å². The van der Waals surface area contributed by atoms with E-state index in [2.05, 4.69) is 17.4 Å². The monoisotopic (exact) mass is 278 g/mol. The number of halogens is 1. The zero-order chi connectivity index (χ0) is 13.8. The van der Waals surface area contributed by atoms with Crippen molar-refractivity contribution in [1.82, 2.24) is 15.2 Å². The fourth-order valence-electron chi connectivity index (χ4n) is 2.28. The second-order valence-electron chi connectivity index (χ2n) is 4.58. The third kappa shape index (κ3) is 2.97. The maximum atomic E-state index is 6.00. The van der Waals surface area contributed by atoms with E-state index in [1.807, 2.05) is 35.9 Å². The van der Waals surface area contributed by atoms with Gasteiger partial charge in [0.05, 0.1) is 11.7 Å². The lowest BCUT2D eigenvalue weighted by molar-refractivity contribution is 0.520. The van der Waals surface area contributed by atoms with Crippen LogP contribution in [-0.4, -0.2) is 9.78 Å². The molecule has 1 unspecified atom stereocenters. The Bertz CT molecular complexity index is 550. The fraction of sp³-hybridized carbons (Fsp3) is 0.357. The van der Waals surface area contributed by atoms with Gasteiger partial charge in [-0.25, -0.2) is 5.43 Å². The molecule has 19 heavy (non-hydrogen) atoms. The molecule has 0 aliphatic rings. The van der Waals surface area contributed by atoms with Gasteiger partial charge >= 0.3 is 0 Å². The summed E-state index contributed by atoms with van der Waals surface area (Å²) in [5, 5.41) is 5.08. The molecule has 5 heteroatoms. The first-order valence-electron chi connectivity index (χ1n) is 6.41. The van der Waals surface area contributed by atoms with E-state index in [4.69, 9.17) is 17.4 Å². The van der Waals surface area contributed by atoms with E-state index in [1.165, 1.54) is 0 Å². The summed E-state index contributed by atoms with van der Waals surface area (Å²) in [7, 11) is 0. The molecule has 0 saturated carbocycles. The lowest BCUT2D eigenvalue weighted by Crippen LogP contribution is -2.31. The average molecular weight is 279 g/mol. The van der Waals surface area contributed by atoms with Crippen molar-refractivity contribution in [3.8, 4) is 0 Å². The van der Waals surface area contributed by atoms with Crippen LogP contribution >= 0.6 is 11.6 Å². The van der Waals surface area contributed by atoms with Gasteiger partial charge in [0.2, 0.25) is 0 Å². The third-order valence-corrected chi connectivity index (χ3v) is 3.43. The van der Waals surface area contributed by atoms with Crippen molar-refractivity contribution >= 4 is 11.6 Å². The second-order valence-corrected chi connectivity index (χ2v) is 5.02. The number of nitrogens with zero attached hydrogens (tertiary/aromatic N) is 2. The van der Waals surface area contributed by atoms with E-state index in [0.717, 1.165) is 34.8 Å².